The van der Waals surface area contributed by atoms with Gasteiger partial charge in [0.15, 0.2) is 0 Å². The van der Waals surface area contributed by atoms with Gasteiger partial charge in [-0.3, -0.25) is 0 Å². The van der Waals surface area contributed by atoms with Gasteiger partial charge in [0, 0.05) is 6.04 Å². The minimum absolute atomic E-state index is 0.0778. The highest BCUT2D eigenvalue weighted by Crippen LogP contribution is 2.29. The summed E-state index contributed by atoms with van der Waals surface area (Å²) in [5.74, 6) is 0.931. The largest absolute Gasteiger partial charge is 0.416 e. The monoisotopic (exact) mass is 263 g/mol. The molecule has 1 nitrogen and oxygen atoms in total. The lowest BCUT2D eigenvalue weighted by Gasteiger charge is -2.12. The zero-order valence-corrected chi connectivity index (χ0v) is 10.4. The summed E-state index contributed by atoms with van der Waals surface area (Å²) in [7, 11) is 0. The van der Waals surface area contributed by atoms with Crippen molar-refractivity contribution in [3.8, 4) is 0 Å². The lowest BCUT2D eigenvalue weighted by molar-refractivity contribution is -0.137. The maximum Gasteiger partial charge on any atom is 0.416 e. The molecule has 1 aromatic carbocycles. The van der Waals surface area contributed by atoms with Crippen molar-refractivity contribution in [2.24, 2.45) is 5.73 Å². The maximum atomic E-state index is 12.5. The number of alkyl halides is 3. The van der Waals surface area contributed by atoms with Gasteiger partial charge >= 0.3 is 6.18 Å². The summed E-state index contributed by atoms with van der Waals surface area (Å²) >= 11 is 1.69. The van der Waals surface area contributed by atoms with E-state index in [0.29, 0.717) is 12.0 Å². The van der Waals surface area contributed by atoms with Crippen LogP contribution in [0.25, 0.3) is 0 Å². The molecule has 0 aliphatic rings. The summed E-state index contributed by atoms with van der Waals surface area (Å²) in [5, 5.41) is 0. The average Bonchev–Trinajstić information content (AvgIpc) is 2.25. The summed E-state index contributed by atoms with van der Waals surface area (Å²) in [6, 6.07) is 5.30. The molecule has 0 aliphatic carbocycles. The third kappa shape index (κ3) is 5.00. The van der Waals surface area contributed by atoms with E-state index >= 15 is 0 Å². The number of benzene rings is 1. The zero-order valence-electron chi connectivity index (χ0n) is 9.63. The van der Waals surface area contributed by atoms with Crippen molar-refractivity contribution in [1.82, 2.24) is 0 Å². The van der Waals surface area contributed by atoms with Gasteiger partial charge in [-0.05, 0) is 36.5 Å². The van der Waals surface area contributed by atoms with Gasteiger partial charge in [-0.15, -0.1) is 0 Å². The molecule has 0 heterocycles. The fraction of sp³-hybridized carbons (Fsp3) is 0.500. The number of nitrogens with two attached hydrogens (primary N) is 1. The first-order valence-corrected chi connectivity index (χ1v) is 6.73. The molecule has 0 bridgehead atoms. The van der Waals surface area contributed by atoms with Crippen molar-refractivity contribution in [3.05, 3.63) is 35.4 Å². The Bertz CT molecular complexity index is 352. The molecule has 17 heavy (non-hydrogen) atoms. The Labute approximate surface area is 104 Å². The molecule has 1 atom stereocenters. The number of halogens is 3. The molecule has 0 saturated heterocycles. The van der Waals surface area contributed by atoms with Crippen LogP contribution >= 0.6 is 11.8 Å². The van der Waals surface area contributed by atoms with E-state index in [1.165, 1.54) is 12.1 Å². The van der Waals surface area contributed by atoms with E-state index in [0.717, 1.165) is 18.2 Å². The Kier molecular flexibility index (Phi) is 5.33. The fourth-order valence-electron chi connectivity index (χ4n) is 1.55. The molecule has 0 aliphatic heterocycles. The predicted molar refractivity (Wildman–Crippen MR) is 66.1 cm³/mol. The molecule has 2 N–H and O–H groups in total. The second-order valence-corrected chi connectivity index (χ2v) is 4.93. The van der Waals surface area contributed by atoms with Gasteiger partial charge in [0.2, 0.25) is 0 Å². The topological polar surface area (TPSA) is 26.0 Å². The Morgan fingerprint density at radius 2 is 2.06 bits per heavy atom. The fourth-order valence-corrected chi connectivity index (χ4v) is 2.09. The highest BCUT2D eigenvalue weighted by molar-refractivity contribution is 7.98. The standard InChI is InChI=1S/C12H16F3NS/c1-17-6-5-11(16)8-9-3-2-4-10(7-9)12(13,14)15/h2-4,7,11H,5-6,8,16H2,1H3. The lowest BCUT2D eigenvalue weighted by Crippen LogP contribution is -2.23. The minimum atomic E-state index is -4.28. The average molecular weight is 263 g/mol. The van der Waals surface area contributed by atoms with Crippen molar-refractivity contribution < 1.29 is 13.2 Å². The first-order chi connectivity index (χ1) is 7.93. The first-order valence-electron chi connectivity index (χ1n) is 5.34. The third-order valence-electron chi connectivity index (χ3n) is 2.44. The molecule has 1 unspecified atom stereocenters. The first kappa shape index (κ1) is 14.4. The summed E-state index contributed by atoms with van der Waals surface area (Å²) in [6.45, 7) is 0. The van der Waals surface area contributed by atoms with E-state index in [9.17, 15) is 13.2 Å². The normalized spacial score (nSPS) is 13.7. The van der Waals surface area contributed by atoms with Crippen LogP contribution in [0.5, 0.6) is 0 Å². The van der Waals surface area contributed by atoms with Gasteiger partial charge in [-0.2, -0.15) is 24.9 Å². The van der Waals surface area contributed by atoms with Crippen LogP contribution < -0.4 is 5.73 Å². The van der Waals surface area contributed by atoms with Gasteiger partial charge in [0.05, 0.1) is 5.56 Å². The van der Waals surface area contributed by atoms with Crippen molar-refractivity contribution in [3.63, 3.8) is 0 Å². The number of hydrogen-bond acceptors (Lipinski definition) is 2. The predicted octanol–water partition coefficient (Wildman–Crippen LogP) is 3.33. The molecular weight excluding hydrogens is 247 g/mol. The summed E-state index contributed by atoms with van der Waals surface area (Å²) in [4.78, 5) is 0. The Morgan fingerprint density at radius 3 is 2.65 bits per heavy atom. The number of thioether (sulfide) groups is 1. The number of hydrogen-bond donors (Lipinski definition) is 1. The molecule has 0 saturated carbocycles. The lowest BCUT2D eigenvalue weighted by atomic mass is 10.0. The van der Waals surface area contributed by atoms with Crippen LogP contribution in [-0.4, -0.2) is 18.1 Å². The van der Waals surface area contributed by atoms with Crippen LogP contribution in [0.15, 0.2) is 24.3 Å². The molecular formula is C12H16F3NS. The third-order valence-corrected chi connectivity index (χ3v) is 3.09. The second kappa shape index (κ2) is 6.31. The molecule has 0 amide bonds. The highest BCUT2D eigenvalue weighted by Gasteiger charge is 2.30. The summed E-state index contributed by atoms with van der Waals surface area (Å²) < 4.78 is 37.4. The van der Waals surface area contributed by atoms with E-state index < -0.39 is 11.7 Å². The van der Waals surface area contributed by atoms with Crippen molar-refractivity contribution >= 4 is 11.8 Å². The Hall–Kier alpha value is -0.680. The SMILES string of the molecule is CSCCC(N)Cc1cccc(C(F)(F)F)c1. The van der Waals surface area contributed by atoms with Gasteiger partial charge in [0.1, 0.15) is 0 Å². The van der Waals surface area contributed by atoms with Crippen LogP contribution in [0.1, 0.15) is 17.5 Å². The molecule has 0 fully saturated rings. The van der Waals surface area contributed by atoms with Crippen molar-refractivity contribution in [2.45, 2.75) is 25.1 Å². The smallest absolute Gasteiger partial charge is 0.327 e. The van der Waals surface area contributed by atoms with E-state index in [1.54, 1.807) is 17.8 Å². The Balaban J connectivity index is 2.66. The van der Waals surface area contributed by atoms with Gasteiger partial charge in [-0.25, -0.2) is 0 Å². The van der Waals surface area contributed by atoms with Crippen LogP contribution in [-0.2, 0) is 12.6 Å². The second-order valence-electron chi connectivity index (χ2n) is 3.94. The number of rotatable bonds is 5. The van der Waals surface area contributed by atoms with E-state index in [4.69, 9.17) is 5.73 Å². The Morgan fingerprint density at radius 1 is 1.35 bits per heavy atom. The molecule has 1 aromatic rings. The molecule has 0 spiro atoms. The van der Waals surface area contributed by atoms with E-state index in [1.807, 2.05) is 6.26 Å². The molecule has 5 heteroatoms. The molecule has 0 radical (unpaired) electrons. The van der Waals surface area contributed by atoms with Crippen LogP contribution in [0.3, 0.4) is 0 Å². The van der Waals surface area contributed by atoms with Crippen LogP contribution in [0, 0.1) is 0 Å². The van der Waals surface area contributed by atoms with Crippen LogP contribution in [0.2, 0.25) is 0 Å². The molecule has 1 rings (SSSR count). The highest BCUT2D eigenvalue weighted by atomic mass is 32.2. The van der Waals surface area contributed by atoms with Gasteiger partial charge < -0.3 is 5.73 Å². The maximum absolute atomic E-state index is 12.5. The van der Waals surface area contributed by atoms with Gasteiger partial charge in [-0.1, -0.05) is 18.2 Å². The molecule has 96 valence electrons. The van der Waals surface area contributed by atoms with Crippen molar-refractivity contribution in [2.75, 3.05) is 12.0 Å². The van der Waals surface area contributed by atoms with E-state index in [2.05, 4.69) is 0 Å². The summed E-state index contributed by atoms with van der Waals surface area (Å²) in [6.07, 6.45) is -0.988. The van der Waals surface area contributed by atoms with Crippen LogP contribution in [0.4, 0.5) is 13.2 Å². The quantitative estimate of drug-likeness (QED) is 0.881. The minimum Gasteiger partial charge on any atom is -0.327 e. The molecule has 0 aromatic heterocycles. The van der Waals surface area contributed by atoms with Crippen molar-refractivity contribution in [1.29, 1.82) is 0 Å². The van der Waals surface area contributed by atoms with Gasteiger partial charge in [0.25, 0.3) is 0 Å². The zero-order chi connectivity index (χ0) is 12.9. The van der Waals surface area contributed by atoms with E-state index in [-0.39, 0.29) is 6.04 Å². The summed E-state index contributed by atoms with van der Waals surface area (Å²) in [5.41, 5.74) is 5.90.